The Balaban J connectivity index is 2.13. The molecule has 0 aliphatic heterocycles. The average molecular weight is 249 g/mol. The van der Waals surface area contributed by atoms with Crippen molar-refractivity contribution in [2.75, 3.05) is 23.8 Å². The van der Waals surface area contributed by atoms with Crippen LogP contribution in [0.25, 0.3) is 0 Å². The van der Waals surface area contributed by atoms with Crippen LogP contribution in [0.3, 0.4) is 0 Å². The van der Waals surface area contributed by atoms with Gasteiger partial charge in [-0.25, -0.2) is 9.97 Å². The van der Waals surface area contributed by atoms with E-state index in [2.05, 4.69) is 20.2 Å². The summed E-state index contributed by atoms with van der Waals surface area (Å²) >= 11 is 0. The van der Waals surface area contributed by atoms with E-state index in [0.29, 0.717) is 6.04 Å². The van der Waals surface area contributed by atoms with Crippen molar-refractivity contribution in [3.63, 3.8) is 0 Å². The fourth-order valence-corrected chi connectivity index (χ4v) is 1.95. The van der Waals surface area contributed by atoms with Crippen molar-refractivity contribution in [2.45, 2.75) is 45.2 Å². The third-order valence-corrected chi connectivity index (χ3v) is 2.79. The van der Waals surface area contributed by atoms with Crippen LogP contribution in [0.2, 0.25) is 0 Å². The van der Waals surface area contributed by atoms with Crippen molar-refractivity contribution in [1.29, 1.82) is 0 Å². The molecule has 0 unspecified atom stereocenters. The van der Waals surface area contributed by atoms with E-state index in [1.54, 1.807) is 0 Å². The lowest BCUT2D eigenvalue weighted by Gasteiger charge is -2.27. The van der Waals surface area contributed by atoms with Crippen LogP contribution in [0.5, 0.6) is 0 Å². The molecule has 1 aliphatic rings. The lowest BCUT2D eigenvalue weighted by molar-refractivity contribution is 0.517. The molecule has 100 valence electrons. The summed E-state index contributed by atoms with van der Waals surface area (Å²) in [6.07, 6.45) is 2.48. The third kappa shape index (κ3) is 3.84. The summed E-state index contributed by atoms with van der Waals surface area (Å²) in [5.41, 5.74) is 5.80. The smallest absolute Gasteiger partial charge is 0.134 e. The number of nitrogens with two attached hydrogens (primary N) is 1. The summed E-state index contributed by atoms with van der Waals surface area (Å²) in [6, 6.07) is 2.60. The topological polar surface area (TPSA) is 67.1 Å². The van der Waals surface area contributed by atoms with Crippen molar-refractivity contribution < 1.29 is 0 Å². The molecule has 1 aliphatic carbocycles. The molecule has 0 atom stereocenters. The van der Waals surface area contributed by atoms with Gasteiger partial charge in [0.15, 0.2) is 0 Å². The van der Waals surface area contributed by atoms with Gasteiger partial charge in [0, 0.05) is 31.2 Å². The predicted octanol–water partition coefficient (Wildman–Crippen LogP) is 1.53. The van der Waals surface area contributed by atoms with Gasteiger partial charge in [-0.15, -0.1) is 0 Å². The number of hydrogen-bond acceptors (Lipinski definition) is 5. The van der Waals surface area contributed by atoms with Gasteiger partial charge in [-0.05, 0) is 33.6 Å². The molecule has 1 fully saturated rings. The maximum atomic E-state index is 6.04. The van der Waals surface area contributed by atoms with Gasteiger partial charge in [0.05, 0.1) is 0 Å². The molecule has 1 heterocycles. The van der Waals surface area contributed by atoms with E-state index in [1.165, 1.54) is 12.8 Å². The van der Waals surface area contributed by atoms with E-state index in [1.807, 2.05) is 33.9 Å². The fraction of sp³-hybridized carbons (Fsp3) is 0.692. The van der Waals surface area contributed by atoms with Crippen LogP contribution >= 0.6 is 0 Å². The largest absolute Gasteiger partial charge is 0.367 e. The first-order valence-corrected chi connectivity index (χ1v) is 6.46. The number of rotatable bonds is 5. The SMILES string of the molecule is Cc1nc(NC2CC2)cc(N(C)CC(C)(C)N)n1. The van der Waals surface area contributed by atoms with Crippen LogP contribution in [0.15, 0.2) is 6.07 Å². The van der Waals surface area contributed by atoms with Crippen molar-refractivity contribution in [1.82, 2.24) is 9.97 Å². The standard InChI is InChI=1S/C13H23N5/c1-9-15-11(17-10-5-6-10)7-12(16-9)18(4)8-13(2,3)14/h7,10H,5-6,8,14H2,1-4H3,(H,15,16,17). The molecular formula is C13H23N5. The van der Waals surface area contributed by atoms with Gasteiger partial charge in [0.25, 0.3) is 0 Å². The lowest BCUT2D eigenvalue weighted by Crippen LogP contribution is -2.44. The Hall–Kier alpha value is -1.36. The van der Waals surface area contributed by atoms with Crippen molar-refractivity contribution >= 4 is 11.6 Å². The summed E-state index contributed by atoms with van der Waals surface area (Å²) in [5, 5.41) is 3.41. The van der Waals surface area contributed by atoms with Crippen LogP contribution in [0, 0.1) is 6.92 Å². The van der Waals surface area contributed by atoms with E-state index >= 15 is 0 Å². The highest BCUT2D eigenvalue weighted by Gasteiger charge is 2.22. The average Bonchev–Trinajstić information content (AvgIpc) is 2.98. The van der Waals surface area contributed by atoms with Gasteiger partial charge in [0.1, 0.15) is 17.5 Å². The normalized spacial score (nSPS) is 15.6. The summed E-state index contributed by atoms with van der Waals surface area (Å²) < 4.78 is 0. The molecule has 5 nitrogen and oxygen atoms in total. The summed E-state index contributed by atoms with van der Waals surface area (Å²) in [5.74, 6) is 2.63. The first kappa shape index (κ1) is 13.1. The predicted molar refractivity (Wildman–Crippen MR) is 75.0 cm³/mol. The van der Waals surface area contributed by atoms with E-state index in [0.717, 1.165) is 24.0 Å². The number of anilines is 2. The molecule has 0 radical (unpaired) electrons. The summed E-state index contributed by atoms with van der Waals surface area (Å²) in [7, 11) is 2.01. The Morgan fingerprint density at radius 1 is 1.44 bits per heavy atom. The first-order chi connectivity index (χ1) is 8.33. The van der Waals surface area contributed by atoms with E-state index < -0.39 is 0 Å². The number of hydrogen-bond donors (Lipinski definition) is 2. The van der Waals surface area contributed by atoms with Gasteiger partial charge in [-0.2, -0.15) is 0 Å². The Morgan fingerprint density at radius 2 is 2.11 bits per heavy atom. The molecule has 3 N–H and O–H groups in total. The summed E-state index contributed by atoms with van der Waals surface area (Å²) in [6.45, 7) is 6.71. The number of aryl methyl sites for hydroxylation is 1. The Kier molecular flexibility index (Phi) is 3.43. The van der Waals surface area contributed by atoms with Gasteiger partial charge < -0.3 is 16.0 Å². The molecule has 1 saturated carbocycles. The Bertz CT molecular complexity index is 420. The lowest BCUT2D eigenvalue weighted by atomic mass is 10.1. The second-order valence-corrected chi connectivity index (χ2v) is 5.92. The van der Waals surface area contributed by atoms with E-state index in [4.69, 9.17) is 5.73 Å². The van der Waals surface area contributed by atoms with Crippen LogP contribution in [-0.2, 0) is 0 Å². The zero-order valence-electron chi connectivity index (χ0n) is 11.7. The fourth-order valence-electron chi connectivity index (χ4n) is 1.95. The molecule has 0 spiro atoms. The second-order valence-electron chi connectivity index (χ2n) is 5.92. The highest BCUT2D eigenvalue weighted by molar-refractivity contribution is 5.50. The number of nitrogens with zero attached hydrogens (tertiary/aromatic N) is 3. The molecule has 0 amide bonds. The number of nitrogens with one attached hydrogen (secondary N) is 1. The van der Waals surface area contributed by atoms with Gasteiger partial charge in [-0.3, -0.25) is 0 Å². The van der Waals surface area contributed by atoms with Crippen LogP contribution in [-0.4, -0.2) is 35.1 Å². The van der Waals surface area contributed by atoms with Crippen molar-refractivity contribution in [3.05, 3.63) is 11.9 Å². The molecular weight excluding hydrogens is 226 g/mol. The van der Waals surface area contributed by atoms with Crippen molar-refractivity contribution in [2.24, 2.45) is 5.73 Å². The van der Waals surface area contributed by atoms with Crippen LogP contribution < -0.4 is 16.0 Å². The van der Waals surface area contributed by atoms with Gasteiger partial charge in [0.2, 0.25) is 0 Å². The van der Waals surface area contributed by atoms with Crippen LogP contribution in [0.1, 0.15) is 32.5 Å². The molecule has 2 rings (SSSR count). The molecule has 0 aromatic carbocycles. The maximum absolute atomic E-state index is 6.04. The number of likely N-dealkylation sites (N-methyl/N-ethyl adjacent to an activating group) is 1. The first-order valence-electron chi connectivity index (χ1n) is 6.46. The summed E-state index contributed by atoms with van der Waals surface area (Å²) in [4.78, 5) is 11.0. The molecule has 0 saturated heterocycles. The molecule has 18 heavy (non-hydrogen) atoms. The minimum Gasteiger partial charge on any atom is -0.367 e. The van der Waals surface area contributed by atoms with Gasteiger partial charge in [-0.1, -0.05) is 0 Å². The zero-order valence-corrected chi connectivity index (χ0v) is 11.7. The quantitative estimate of drug-likeness (QED) is 0.828. The van der Waals surface area contributed by atoms with E-state index in [-0.39, 0.29) is 5.54 Å². The third-order valence-electron chi connectivity index (χ3n) is 2.79. The molecule has 1 aromatic rings. The Labute approximate surface area is 109 Å². The van der Waals surface area contributed by atoms with Crippen molar-refractivity contribution in [3.8, 4) is 0 Å². The minimum atomic E-state index is -0.238. The molecule has 5 heteroatoms. The Morgan fingerprint density at radius 3 is 2.67 bits per heavy atom. The maximum Gasteiger partial charge on any atom is 0.134 e. The highest BCUT2D eigenvalue weighted by Crippen LogP contribution is 2.25. The zero-order chi connectivity index (χ0) is 13.3. The second kappa shape index (κ2) is 4.72. The van der Waals surface area contributed by atoms with Gasteiger partial charge >= 0.3 is 0 Å². The number of aromatic nitrogens is 2. The van der Waals surface area contributed by atoms with E-state index in [9.17, 15) is 0 Å². The minimum absolute atomic E-state index is 0.238. The molecule has 0 bridgehead atoms. The highest BCUT2D eigenvalue weighted by atomic mass is 15.2. The molecule has 1 aromatic heterocycles. The van der Waals surface area contributed by atoms with Crippen LogP contribution in [0.4, 0.5) is 11.6 Å². The monoisotopic (exact) mass is 249 g/mol.